The maximum Gasteiger partial charge on any atom is 0.330 e. The van der Waals surface area contributed by atoms with Crippen LogP contribution in [0.4, 0.5) is 0 Å². The Morgan fingerprint density at radius 1 is 1.39 bits per heavy atom. The molecule has 4 bridgehead atoms. The second kappa shape index (κ2) is 3.83. The van der Waals surface area contributed by atoms with E-state index in [1.165, 1.54) is 6.08 Å². The van der Waals surface area contributed by atoms with Crippen LogP contribution < -0.4 is 0 Å². The average molecular weight is 250 g/mol. The molecule has 0 aromatic heterocycles. The van der Waals surface area contributed by atoms with Gasteiger partial charge in [-0.1, -0.05) is 13.5 Å². The molecule has 4 aliphatic rings. The summed E-state index contributed by atoms with van der Waals surface area (Å²) in [6.07, 6.45) is 6.89. The number of ether oxygens (including phenoxy) is 1. The molecule has 3 nitrogen and oxygen atoms in total. The van der Waals surface area contributed by atoms with Crippen LogP contribution in [0.1, 0.15) is 45.4 Å². The quantitative estimate of drug-likeness (QED) is 0.618. The Hall–Kier alpha value is -0.830. The minimum absolute atomic E-state index is 0.309. The van der Waals surface area contributed by atoms with E-state index < -0.39 is 5.60 Å². The Morgan fingerprint density at radius 2 is 2.00 bits per heavy atom. The van der Waals surface area contributed by atoms with Crippen LogP contribution in [-0.2, 0) is 9.53 Å². The Morgan fingerprint density at radius 3 is 2.44 bits per heavy atom. The predicted molar refractivity (Wildman–Crippen MR) is 67.8 cm³/mol. The highest BCUT2D eigenvalue weighted by atomic mass is 16.6. The first kappa shape index (κ1) is 12.2. The van der Waals surface area contributed by atoms with Gasteiger partial charge in [0.1, 0.15) is 5.60 Å². The fourth-order valence-electron chi connectivity index (χ4n) is 5.06. The molecular weight excluding hydrogens is 228 g/mol. The molecule has 4 rings (SSSR count). The molecule has 1 N–H and O–H groups in total. The van der Waals surface area contributed by atoms with Crippen LogP contribution in [0.5, 0.6) is 0 Å². The lowest BCUT2D eigenvalue weighted by Crippen LogP contribution is -2.64. The molecule has 0 aromatic carbocycles. The molecule has 4 aliphatic carbocycles. The summed E-state index contributed by atoms with van der Waals surface area (Å²) >= 11 is 0. The molecule has 0 spiro atoms. The Labute approximate surface area is 108 Å². The summed E-state index contributed by atoms with van der Waals surface area (Å²) in [4.78, 5) is 11.6. The van der Waals surface area contributed by atoms with Crippen LogP contribution in [0.2, 0.25) is 0 Å². The van der Waals surface area contributed by atoms with E-state index in [2.05, 4.69) is 13.5 Å². The highest BCUT2D eigenvalue weighted by Crippen LogP contribution is 2.62. The number of aliphatic hydroxyl groups is 1. The first-order chi connectivity index (χ1) is 8.51. The maximum absolute atomic E-state index is 11.6. The molecule has 4 fully saturated rings. The topological polar surface area (TPSA) is 46.5 Å². The Balaban J connectivity index is 1.92. The van der Waals surface area contributed by atoms with Crippen molar-refractivity contribution in [3.05, 3.63) is 12.7 Å². The van der Waals surface area contributed by atoms with Crippen molar-refractivity contribution >= 4 is 5.97 Å². The third-order valence-electron chi connectivity index (χ3n) is 5.55. The summed E-state index contributed by atoms with van der Waals surface area (Å²) in [5.74, 6) is 0.997. The first-order valence-electron chi connectivity index (χ1n) is 7.09. The number of hydrogen-bond donors (Lipinski definition) is 1. The van der Waals surface area contributed by atoms with E-state index in [4.69, 9.17) is 4.74 Å². The van der Waals surface area contributed by atoms with E-state index in [0.29, 0.717) is 17.8 Å². The van der Waals surface area contributed by atoms with Gasteiger partial charge in [0.2, 0.25) is 0 Å². The van der Waals surface area contributed by atoms with E-state index in [0.717, 1.165) is 38.5 Å². The van der Waals surface area contributed by atoms with Crippen molar-refractivity contribution in [1.29, 1.82) is 0 Å². The van der Waals surface area contributed by atoms with Gasteiger partial charge in [-0.25, -0.2) is 4.79 Å². The Kier molecular flexibility index (Phi) is 2.60. The molecule has 4 saturated carbocycles. The zero-order valence-corrected chi connectivity index (χ0v) is 11.0. The van der Waals surface area contributed by atoms with Crippen LogP contribution in [0, 0.1) is 17.8 Å². The second-order valence-electron chi connectivity index (χ2n) is 6.50. The van der Waals surface area contributed by atoms with Crippen LogP contribution in [0.3, 0.4) is 0 Å². The van der Waals surface area contributed by atoms with Crippen molar-refractivity contribution < 1.29 is 14.6 Å². The van der Waals surface area contributed by atoms with Crippen molar-refractivity contribution in [2.45, 2.75) is 56.7 Å². The fourth-order valence-corrected chi connectivity index (χ4v) is 5.06. The standard InChI is InChI=1S/C15H22O3/c1-3-13(16)18-15(4-2)11-5-10-6-12(15)9-14(17,7-10)8-11/h3,10-12,17H,1,4-9H2,2H3. The summed E-state index contributed by atoms with van der Waals surface area (Å²) in [6, 6.07) is 0. The van der Waals surface area contributed by atoms with Crippen molar-refractivity contribution in [3.8, 4) is 0 Å². The number of hydrogen-bond acceptors (Lipinski definition) is 3. The normalized spacial score (nSPS) is 49.1. The smallest absolute Gasteiger partial charge is 0.330 e. The summed E-state index contributed by atoms with van der Waals surface area (Å²) in [5.41, 5.74) is -0.815. The molecule has 0 amide bonds. The second-order valence-corrected chi connectivity index (χ2v) is 6.50. The van der Waals surface area contributed by atoms with Gasteiger partial charge < -0.3 is 9.84 Å². The van der Waals surface area contributed by atoms with Crippen molar-refractivity contribution in [3.63, 3.8) is 0 Å². The van der Waals surface area contributed by atoms with E-state index in [-0.39, 0.29) is 11.6 Å². The molecule has 0 saturated heterocycles. The molecule has 0 aromatic rings. The minimum Gasteiger partial charge on any atom is -0.455 e. The molecular formula is C15H22O3. The van der Waals surface area contributed by atoms with Gasteiger partial charge in [-0.2, -0.15) is 0 Å². The van der Waals surface area contributed by atoms with E-state index in [9.17, 15) is 9.90 Å². The summed E-state index contributed by atoms with van der Waals surface area (Å²) in [5, 5.41) is 10.6. The molecule has 2 unspecified atom stereocenters. The van der Waals surface area contributed by atoms with Gasteiger partial charge in [-0.3, -0.25) is 0 Å². The highest BCUT2D eigenvalue weighted by Gasteiger charge is 2.62. The van der Waals surface area contributed by atoms with Crippen molar-refractivity contribution in [2.24, 2.45) is 17.8 Å². The van der Waals surface area contributed by atoms with Crippen LogP contribution in [-0.4, -0.2) is 22.3 Å². The summed E-state index contributed by atoms with van der Waals surface area (Å²) in [7, 11) is 0. The van der Waals surface area contributed by atoms with E-state index >= 15 is 0 Å². The number of esters is 1. The molecule has 0 radical (unpaired) electrons. The third-order valence-corrected chi connectivity index (χ3v) is 5.55. The molecule has 0 heterocycles. The largest absolute Gasteiger partial charge is 0.455 e. The third kappa shape index (κ3) is 1.56. The molecule has 3 heteroatoms. The van der Waals surface area contributed by atoms with Gasteiger partial charge in [0.25, 0.3) is 0 Å². The summed E-state index contributed by atoms with van der Waals surface area (Å²) < 4.78 is 5.79. The molecule has 0 aliphatic heterocycles. The van der Waals surface area contributed by atoms with Crippen LogP contribution >= 0.6 is 0 Å². The molecule has 100 valence electrons. The van der Waals surface area contributed by atoms with Gasteiger partial charge >= 0.3 is 5.97 Å². The van der Waals surface area contributed by atoms with Crippen molar-refractivity contribution in [1.82, 2.24) is 0 Å². The van der Waals surface area contributed by atoms with E-state index in [1.54, 1.807) is 0 Å². The van der Waals surface area contributed by atoms with Crippen molar-refractivity contribution in [2.75, 3.05) is 0 Å². The van der Waals surface area contributed by atoms with E-state index in [1.807, 2.05) is 0 Å². The van der Waals surface area contributed by atoms with Gasteiger partial charge in [-0.05, 0) is 44.4 Å². The maximum atomic E-state index is 11.6. The lowest BCUT2D eigenvalue weighted by molar-refractivity contribution is -0.240. The summed E-state index contributed by atoms with van der Waals surface area (Å²) in [6.45, 7) is 5.60. The lowest BCUT2D eigenvalue weighted by atomic mass is 9.47. The highest BCUT2D eigenvalue weighted by molar-refractivity contribution is 5.81. The molecule has 2 atom stereocenters. The fraction of sp³-hybridized carbons (Fsp3) is 0.800. The van der Waals surface area contributed by atoms with Gasteiger partial charge in [-0.15, -0.1) is 0 Å². The Bertz CT molecular complexity index is 371. The van der Waals surface area contributed by atoms with Crippen LogP contribution in [0.25, 0.3) is 0 Å². The zero-order valence-electron chi connectivity index (χ0n) is 11.0. The van der Waals surface area contributed by atoms with Gasteiger partial charge in [0.05, 0.1) is 5.60 Å². The minimum atomic E-state index is -0.476. The average Bonchev–Trinajstić information content (AvgIpc) is 2.31. The number of carbonyl (C=O) groups excluding carboxylic acids is 1. The monoisotopic (exact) mass is 250 g/mol. The SMILES string of the molecule is C=CC(=O)OC1(CC)C2CC3CC1CC(O)(C3)C2. The number of rotatable bonds is 3. The first-order valence-corrected chi connectivity index (χ1v) is 7.09. The predicted octanol–water partition coefficient (Wildman–Crippen LogP) is 2.44. The lowest BCUT2D eigenvalue weighted by Gasteiger charge is -2.62. The zero-order chi connectivity index (χ0) is 13.0. The number of carbonyl (C=O) groups is 1. The molecule has 18 heavy (non-hydrogen) atoms. The van der Waals surface area contributed by atoms with Crippen LogP contribution in [0.15, 0.2) is 12.7 Å². The van der Waals surface area contributed by atoms with Gasteiger partial charge in [0, 0.05) is 17.9 Å². The van der Waals surface area contributed by atoms with Gasteiger partial charge in [0.15, 0.2) is 0 Å².